The second-order valence-corrected chi connectivity index (χ2v) is 3.21. The zero-order valence-electron chi connectivity index (χ0n) is 8.54. The maximum atomic E-state index is 11.4. The van der Waals surface area contributed by atoms with E-state index in [2.05, 4.69) is 15.1 Å². The topological polar surface area (TPSA) is 99.0 Å². The third-order valence-corrected chi connectivity index (χ3v) is 2.19. The summed E-state index contributed by atoms with van der Waals surface area (Å²) >= 11 is 0. The van der Waals surface area contributed by atoms with E-state index in [4.69, 9.17) is 5.26 Å². The minimum atomic E-state index is -0.512. The van der Waals surface area contributed by atoms with Gasteiger partial charge in [0.1, 0.15) is 17.3 Å². The number of aromatic nitrogens is 2. The van der Waals surface area contributed by atoms with E-state index in [1.54, 1.807) is 18.2 Å². The average Bonchev–Trinajstić information content (AvgIpc) is 2.38. The van der Waals surface area contributed by atoms with Gasteiger partial charge in [-0.05, 0) is 17.3 Å². The van der Waals surface area contributed by atoms with Gasteiger partial charge < -0.3 is 4.98 Å². The second kappa shape index (κ2) is 4.37. The smallest absolute Gasteiger partial charge is 0.269 e. The van der Waals surface area contributed by atoms with E-state index in [9.17, 15) is 9.70 Å². The average molecular weight is 226 g/mol. The minimum Gasteiger partial charge on any atom is -0.312 e. The van der Waals surface area contributed by atoms with Gasteiger partial charge in [0.2, 0.25) is 0 Å². The lowest BCUT2D eigenvalue weighted by Crippen LogP contribution is -2.12. The number of rotatable bonds is 2. The van der Waals surface area contributed by atoms with E-state index < -0.39 is 5.56 Å². The van der Waals surface area contributed by atoms with Gasteiger partial charge in [0, 0.05) is 5.56 Å². The Kier molecular flexibility index (Phi) is 2.75. The molecule has 0 fully saturated rings. The van der Waals surface area contributed by atoms with Crippen LogP contribution in [0.25, 0.3) is 11.3 Å². The summed E-state index contributed by atoms with van der Waals surface area (Å²) in [6.07, 6.45) is 1.21. The number of nitroso groups, excluding NO2 is 1. The predicted octanol–water partition coefficient (Wildman–Crippen LogP) is 1.71. The molecule has 17 heavy (non-hydrogen) atoms. The first-order chi connectivity index (χ1) is 8.26. The molecule has 0 bridgehead atoms. The first-order valence-electron chi connectivity index (χ1n) is 4.68. The lowest BCUT2D eigenvalue weighted by atomic mass is 10.1. The number of benzene rings is 1. The van der Waals surface area contributed by atoms with Crippen molar-refractivity contribution in [1.29, 1.82) is 5.26 Å². The second-order valence-electron chi connectivity index (χ2n) is 3.21. The van der Waals surface area contributed by atoms with Crippen molar-refractivity contribution >= 4 is 5.69 Å². The van der Waals surface area contributed by atoms with Gasteiger partial charge in [-0.1, -0.05) is 12.1 Å². The predicted molar refractivity (Wildman–Crippen MR) is 60.5 cm³/mol. The van der Waals surface area contributed by atoms with Gasteiger partial charge in [0.05, 0.1) is 12.0 Å². The summed E-state index contributed by atoms with van der Waals surface area (Å²) in [6, 6.07) is 8.03. The molecule has 1 aromatic carbocycles. The summed E-state index contributed by atoms with van der Waals surface area (Å²) < 4.78 is 0. The molecule has 2 aromatic rings. The van der Waals surface area contributed by atoms with E-state index >= 15 is 0 Å². The number of H-pyrrole nitrogens is 1. The molecule has 0 unspecified atom stereocenters. The summed E-state index contributed by atoms with van der Waals surface area (Å²) in [5, 5.41) is 11.7. The van der Waals surface area contributed by atoms with Crippen molar-refractivity contribution in [1.82, 2.24) is 9.97 Å². The lowest BCUT2D eigenvalue weighted by molar-refractivity contribution is 1.11. The van der Waals surface area contributed by atoms with Gasteiger partial charge in [-0.25, -0.2) is 4.98 Å². The van der Waals surface area contributed by atoms with Crippen LogP contribution in [-0.2, 0) is 0 Å². The maximum Gasteiger partial charge on any atom is 0.269 e. The van der Waals surface area contributed by atoms with Crippen LogP contribution >= 0.6 is 0 Å². The van der Waals surface area contributed by atoms with E-state index in [0.29, 0.717) is 5.56 Å². The molecule has 1 heterocycles. The fraction of sp³-hybridized carbons (Fsp3) is 0. The fourth-order valence-electron chi connectivity index (χ4n) is 1.43. The van der Waals surface area contributed by atoms with Gasteiger partial charge in [0.15, 0.2) is 0 Å². The van der Waals surface area contributed by atoms with Crippen molar-refractivity contribution in [3.63, 3.8) is 0 Å². The third kappa shape index (κ3) is 1.94. The molecule has 0 saturated carbocycles. The van der Waals surface area contributed by atoms with Gasteiger partial charge in [-0.2, -0.15) is 5.26 Å². The third-order valence-electron chi connectivity index (χ3n) is 2.19. The summed E-state index contributed by atoms with van der Waals surface area (Å²) in [7, 11) is 0. The highest BCUT2D eigenvalue weighted by molar-refractivity contribution is 5.68. The zero-order chi connectivity index (χ0) is 12.3. The van der Waals surface area contributed by atoms with E-state index in [-0.39, 0.29) is 16.9 Å². The molecule has 82 valence electrons. The van der Waals surface area contributed by atoms with Gasteiger partial charge in [0.25, 0.3) is 5.56 Å². The molecule has 0 spiro atoms. The summed E-state index contributed by atoms with van der Waals surface area (Å²) in [5.74, 6) is 0. The molecule has 0 aliphatic carbocycles. The van der Waals surface area contributed by atoms with Crippen LogP contribution in [0.2, 0.25) is 0 Å². The Hall–Kier alpha value is -2.81. The summed E-state index contributed by atoms with van der Waals surface area (Å²) in [6.45, 7) is 0. The van der Waals surface area contributed by atoms with Gasteiger partial charge in [-0.15, -0.1) is 4.91 Å². The van der Waals surface area contributed by atoms with Crippen LogP contribution in [-0.4, -0.2) is 9.97 Å². The fourth-order valence-corrected chi connectivity index (χ4v) is 1.43. The van der Waals surface area contributed by atoms with Gasteiger partial charge in [-0.3, -0.25) is 4.79 Å². The number of nitrogens with zero attached hydrogens (tertiary/aromatic N) is 3. The minimum absolute atomic E-state index is 0.0875. The van der Waals surface area contributed by atoms with Crippen molar-refractivity contribution in [2.45, 2.75) is 0 Å². The SMILES string of the molecule is N#Cc1c(-c2cccc(N=O)c2)nc[nH]c1=O. The number of nitriles is 1. The Bertz CT molecular complexity index is 670. The molecule has 0 aliphatic heterocycles. The van der Waals surface area contributed by atoms with Crippen LogP contribution in [0.15, 0.2) is 40.6 Å². The van der Waals surface area contributed by atoms with Crippen molar-refractivity contribution < 1.29 is 0 Å². The van der Waals surface area contributed by atoms with E-state index in [1.807, 2.05) is 0 Å². The maximum absolute atomic E-state index is 11.4. The Morgan fingerprint density at radius 2 is 2.24 bits per heavy atom. The molecule has 6 nitrogen and oxygen atoms in total. The first kappa shape index (κ1) is 10.7. The monoisotopic (exact) mass is 226 g/mol. The number of nitrogens with one attached hydrogen (secondary N) is 1. The van der Waals surface area contributed by atoms with Crippen molar-refractivity contribution in [3.05, 3.63) is 51.4 Å². The van der Waals surface area contributed by atoms with Crippen LogP contribution in [0.4, 0.5) is 5.69 Å². The molecule has 2 rings (SSSR count). The first-order valence-corrected chi connectivity index (χ1v) is 4.68. The molecular formula is C11H6N4O2. The van der Waals surface area contributed by atoms with Crippen molar-refractivity contribution in [3.8, 4) is 17.3 Å². The molecule has 1 N–H and O–H groups in total. The Morgan fingerprint density at radius 1 is 1.41 bits per heavy atom. The molecule has 1 aromatic heterocycles. The number of aromatic amines is 1. The molecule has 6 heteroatoms. The largest absolute Gasteiger partial charge is 0.312 e. The Balaban J connectivity index is 2.69. The van der Waals surface area contributed by atoms with Crippen LogP contribution in [0, 0.1) is 16.2 Å². The zero-order valence-corrected chi connectivity index (χ0v) is 8.54. The number of hydrogen-bond donors (Lipinski definition) is 1. The molecular weight excluding hydrogens is 220 g/mol. The molecule has 0 aliphatic rings. The molecule has 0 radical (unpaired) electrons. The van der Waals surface area contributed by atoms with Crippen molar-refractivity contribution in [2.75, 3.05) is 0 Å². The molecule has 0 amide bonds. The van der Waals surface area contributed by atoms with Crippen LogP contribution in [0.1, 0.15) is 5.56 Å². The summed E-state index contributed by atoms with van der Waals surface area (Å²) in [5.41, 5.74) is 0.359. The van der Waals surface area contributed by atoms with Crippen LogP contribution in [0.3, 0.4) is 0 Å². The normalized spacial score (nSPS) is 9.59. The van der Waals surface area contributed by atoms with E-state index in [0.717, 1.165) is 0 Å². The highest BCUT2D eigenvalue weighted by Gasteiger charge is 2.10. The Labute approximate surface area is 95.5 Å². The Morgan fingerprint density at radius 3 is 2.94 bits per heavy atom. The quantitative estimate of drug-likeness (QED) is 0.787. The lowest BCUT2D eigenvalue weighted by Gasteiger charge is -2.01. The highest BCUT2D eigenvalue weighted by Crippen LogP contribution is 2.23. The highest BCUT2D eigenvalue weighted by atomic mass is 16.3. The number of hydrogen-bond acceptors (Lipinski definition) is 5. The molecule has 0 atom stereocenters. The molecule has 0 saturated heterocycles. The van der Waals surface area contributed by atoms with Crippen molar-refractivity contribution in [2.24, 2.45) is 5.18 Å². The van der Waals surface area contributed by atoms with Crippen LogP contribution in [0.5, 0.6) is 0 Å². The van der Waals surface area contributed by atoms with Crippen LogP contribution < -0.4 is 5.56 Å². The van der Waals surface area contributed by atoms with Gasteiger partial charge >= 0.3 is 0 Å². The van der Waals surface area contributed by atoms with E-state index in [1.165, 1.54) is 18.5 Å². The standard InChI is InChI=1S/C11H6N4O2/c12-5-9-10(13-6-14-11(9)16)7-2-1-3-8(4-7)15-17/h1-4,6H,(H,13,14,16). The summed E-state index contributed by atoms with van der Waals surface area (Å²) in [4.78, 5) is 28.1.